The minimum absolute atomic E-state index is 0.114. The summed E-state index contributed by atoms with van der Waals surface area (Å²) in [5.74, 6) is -0.554. The average molecular weight is 338 g/mol. The molecule has 1 aromatic carbocycles. The standard InChI is InChI=1S/C16H22N2O6/c1-5-23-12-7-6-11(8-13(12)22-4)15(20)24-9-14(19)18-16(21)17-10(2)3/h6-8,10H,5,9H2,1-4H3,(H2,17,18,19,21). The second-order valence-corrected chi connectivity index (χ2v) is 5.05. The fourth-order valence-electron chi connectivity index (χ4n) is 1.74. The molecule has 8 heteroatoms. The van der Waals surface area contributed by atoms with Crippen molar-refractivity contribution < 1.29 is 28.6 Å². The second kappa shape index (κ2) is 9.39. The van der Waals surface area contributed by atoms with E-state index in [4.69, 9.17) is 14.2 Å². The molecule has 1 rings (SSSR count). The summed E-state index contributed by atoms with van der Waals surface area (Å²) in [6, 6.07) is 3.77. The lowest BCUT2D eigenvalue weighted by Gasteiger charge is -2.11. The van der Waals surface area contributed by atoms with Crippen LogP contribution < -0.4 is 20.1 Å². The molecular formula is C16H22N2O6. The number of methoxy groups -OCH3 is 1. The molecule has 1 aromatic rings. The van der Waals surface area contributed by atoms with Gasteiger partial charge in [0.25, 0.3) is 5.91 Å². The Balaban J connectivity index is 2.59. The molecule has 0 atom stereocenters. The molecule has 132 valence electrons. The van der Waals surface area contributed by atoms with Gasteiger partial charge in [-0.25, -0.2) is 9.59 Å². The molecule has 24 heavy (non-hydrogen) atoms. The summed E-state index contributed by atoms with van der Waals surface area (Å²) < 4.78 is 15.4. The number of rotatable bonds is 7. The van der Waals surface area contributed by atoms with Crippen molar-refractivity contribution >= 4 is 17.9 Å². The van der Waals surface area contributed by atoms with E-state index in [9.17, 15) is 14.4 Å². The molecule has 0 aliphatic carbocycles. The number of hydrogen-bond acceptors (Lipinski definition) is 6. The zero-order valence-corrected chi connectivity index (χ0v) is 14.2. The van der Waals surface area contributed by atoms with Gasteiger partial charge < -0.3 is 19.5 Å². The summed E-state index contributed by atoms with van der Waals surface area (Å²) in [4.78, 5) is 34.8. The summed E-state index contributed by atoms with van der Waals surface area (Å²) in [6.07, 6.45) is 0. The van der Waals surface area contributed by atoms with Gasteiger partial charge in [-0.2, -0.15) is 0 Å². The molecule has 0 aliphatic rings. The Morgan fingerprint density at radius 1 is 1.17 bits per heavy atom. The van der Waals surface area contributed by atoms with Crippen molar-refractivity contribution in [1.82, 2.24) is 10.6 Å². The number of esters is 1. The fraction of sp³-hybridized carbons (Fsp3) is 0.438. The molecule has 0 saturated carbocycles. The molecule has 0 heterocycles. The molecule has 0 aromatic heterocycles. The van der Waals surface area contributed by atoms with Crippen LogP contribution in [0.1, 0.15) is 31.1 Å². The number of ether oxygens (including phenoxy) is 3. The number of hydrogen-bond donors (Lipinski definition) is 2. The van der Waals surface area contributed by atoms with Crippen molar-refractivity contribution in [1.29, 1.82) is 0 Å². The van der Waals surface area contributed by atoms with Crippen LogP contribution in [0, 0.1) is 0 Å². The lowest BCUT2D eigenvalue weighted by atomic mass is 10.2. The number of carbonyl (C=O) groups is 3. The second-order valence-electron chi connectivity index (χ2n) is 5.05. The van der Waals surface area contributed by atoms with Crippen LogP contribution in [0.15, 0.2) is 18.2 Å². The van der Waals surface area contributed by atoms with Crippen LogP contribution in [0.25, 0.3) is 0 Å². The van der Waals surface area contributed by atoms with Crippen LogP contribution >= 0.6 is 0 Å². The third-order valence-electron chi connectivity index (χ3n) is 2.71. The minimum Gasteiger partial charge on any atom is -0.493 e. The van der Waals surface area contributed by atoms with Gasteiger partial charge in [-0.1, -0.05) is 0 Å². The molecule has 0 saturated heterocycles. The Morgan fingerprint density at radius 2 is 1.88 bits per heavy atom. The van der Waals surface area contributed by atoms with Crippen LogP contribution in [0.2, 0.25) is 0 Å². The molecule has 0 unspecified atom stereocenters. The molecule has 0 bridgehead atoms. The van der Waals surface area contributed by atoms with E-state index in [1.807, 2.05) is 6.92 Å². The maximum atomic E-state index is 12.0. The molecule has 3 amide bonds. The van der Waals surface area contributed by atoms with Crippen molar-refractivity contribution in [3.8, 4) is 11.5 Å². The molecular weight excluding hydrogens is 316 g/mol. The Bertz CT molecular complexity index is 600. The van der Waals surface area contributed by atoms with Gasteiger partial charge in [0.1, 0.15) is 0 Å². The maximum Gasteiger partial charge on any atom is 0.338 e. The first kappa shape index (κ1) is 19.3. The van der Waals surface area contributed by atoms with Crippen molar-refractivity contribution in [3.05, 3.63) is 23.8 Å². The van der Waals surface area contributed by atoms with E-state index < -0.39 is 24.5 Å². The van der Waals surface area contributed by atoms with Gasteiger partial charge in [0, 0.05) is 6.04 Å². The molecule has 0 spiro atoms. The lowest BCUT2D eigenvalue weighted by molar-refractivity contribution is -0.123. The highest BCUT2D eigenvalue weighted by Gasteiger charge is 2.15. The first-order valence-corrected chi connectivity index (χ1v) is 7.45. The molecule has 8 nitrogen and oxygen atoms in total. The topological polar surface area (TPSA) is 103 Å². The molecule has 0 fully saturated rings. The molecule has 2 N–H and O–H groups in total. The Hall–Kier alpha value is -2.77. The summed E-state index contributed by atoms with van der Waals surface area (Å²) >= 11 is 0. The number of imide groups is 1. The highest BCUT2D eigenvalue weighted by atomic mass is 16.5. The summed E-state index contributed by atoms with van der Waals surface area (Å²) in [5.41, 5.74) is 0.203. The van der Waals surface area contributed by atoms with E-state index in [2.05, 4.69) is 10.6 Å². The SMILES string of the molecule is CCOc1ccc(C(=O)OCC(=O)NC(=O)NC(C)C)cc1OC. The smallest absolute Gasteiger partial charge is 0.338 e. The number of urea groups is 1. The summed E-state index contributed by atoms with van der Waals surface area (Å²) in [7, 11) is 1.45. The maximum absolute atomic E-state index is 12.0. The van der Waals surface area contributed by atoms with Gasteiger partial charge in [-0.15, -0.1) is 0 Å². The Kier molecular flexibility index (Phi) is 7.54. The Labute approximate surface area is 140 Å². The van der Waals surface area contributed by atoms with E-state index in [-0.39, 0.29) is 11.6 Å². The zero-order chi connectivity index (χ0) is 18.1. The molecule has 0 aliphatic heterocycles. The summed E-state index contributed by atoms with van der Waals surface area (Å²) in [5, 5.41) is 4.54. The number of nitrogens with one attached hydrogen (secondary N) is 2. The average Bonchev–Trinajstić information content (AvgIpc) is 2.52. The van der Waals surface area contributed by atoms with Gasteiger partial charge in [-0.3, -0.25) is 10.1 Å². The van der Waals surface area contributed by atoms with Gasteiger partial charge in [0.2, 0.25) is 0 Å². The largest absolute Gasteiger partial charge is 0.493 e. The first-order valence-electron chi connectivity index (χ1n) is 7.45. The zero-order valence-electron chi connectivity index (χ0n) is 14.2. The fourth-order valence-corrected chi connectivity index (χ4v) is 1.74. The van der Waals surface area contributed by atoms with Crippen LogP contribution in [-0.2, 0) is 9.53 Å². The van der Waals surface area contributed by atoms with E-state index in [1.54, 1.807) is 19.9 Å². The highest BCUT2D eigenvalue weighted by molar-refractivity contribution is 5.97. The van der Waals surface area contributed by atoms with Gasteiger partial charge in [-0.05, 0) is 39.0 Å². The quantitative estimate of drug-likeness (QED) is 0.730. The monoisotopic (exact) mass is 338 g/mol. The van der Waals surface area contributed by atoms with Crippen molar-refractivity contribution in [2.24, 2.45) is 0 Å². The highest BCUT2D eigenvalue weighted by Crippen LogP contribution is 2.28. The van der Waals surface area contributed by atoms with Crippen LogP contribution in [0.5, 0.6) is 11.5 Å². The van der Waals surface area contributed by atoms with Gasteiger partial charge in [0.15, 0.2) is 18.1 Å². The van der Waals surface area contributed by atoms with E-state index in [1.165, 1.54) is 19.2 Å². The predicted octanol–water partition coefficient (Wildman–Crippen LogP) is 1.48. The van der Waals surface area contributed by atoms with Gasteiger partial charge in [0.05, 0.1) is 19.3 Å². The third-order valence-corrected chi connectivity index (χ3v) is 2.71. The Morgan fingerprint density at radius 3 is 2.46 bits per heavy atom. The van der Waals surface area contributed by atoms with Crippen molar-refractivity contribution in [3.63, 3.8) is 0 Å². The predicted molar refractivity (Wildman–Crippen MR) is 86.3 cm³/mol. The van der Waals surface area contributed by atoms with E-state index in [0.29, 0.717) is 18.1 Å². The van der Waals surface area contributed by atoms with E-state index in [0.717, 1.165) is 0 Å². The van der Waals surface area contributed by atoms with Crippen LogP contribution in [-0.4, -0.2) is 44.3 Å². The number of benzene rings is 1. The third kappa shape index (κ3) is 6.15. The number of carbonyl (C=O) groups excluding carboxylic acids is 3. The van der Waals surface area contributed by atoms with Crippen molar-refractivity contribution in [2.45, 2.75) is 26.8 Å². The first-order chi connectivity index (χ1) is 11.4. The van der Waals surface area contributed by atoms with E-state index >= 15 is 0 Å². The minimum atomic E-state index is -0.723. The van der Waals surface area contributed by atoms with Gasteiger partial charge >= 0.3 is 12.0 Å². The van der Waals surface area contributed by atoms with Crippen LogP contribution in [0.4, 0.5) is 4.79 Å². The van der Waals surface area contributed by atoms with Crippen LogP contribution in [0.3, 0.4) is 0 Å². The summed E-state index contributed by atoms with van der Waals surface area (Å²) in [6.45, 7) is 5.22. The normalized spacial score (nSPS) is 10.0. The number of amides is 3. The van der Waals surface area contributed by atoms with Crippen molar-refractivity contribution in [2.75, 3.05) is 20.3 Å². The molecule has 0 radical (unpaired) electrons. The lowest BCUT2D eigenvalue weighted by Crippen LogP contribution is -2.44.